The van der Waals surface area contributed by atoms with Gasteiger partial charge in [0.15, 0.2) is 0 Å². The number of H-pyrrole nitrogens is 1. The number of aliphatic carboxylic acids is 1. The van der Waals surface area contributed by atoms with Gasteiger partial charge in [0.1, 0.15) is 17.8 Å². The van der Waals surface area contributed by atoms with Gasteiger partial charge >= 0.3 is 5.97 Å². The maximum Gasteiger partial charge on any atom is 0.306 e. The number of hydrogen-bond donors (Lipinski definition) is 2. The van der Waals surface area contributed by atoms with Crippen LogP contribution in [0.25, 0.3) is 0 Å². The summed E-state index contributed by atoms with van der Waals surface area (Å²) in [6.07, 6.45) is 3.65. The maximum atomic E-state index is 12.3. The van der Waals surface area contributed by atoms with Crippen molar-refractivity contribution >= 4 is 5.97 Å². The van der Waals surface area contributed by atoms with Gasteiger partial charge in [0.05, 0.1) is 12.0 Å². The summed E-state index contributed by atoms with van der Waals surface area (Å²) in [6, 6.07) is 31.0. The number of methoxy groups -OCH3 is 1. The number of ether oxygens (including phenoxy) is 2. The molecule has 0 saturated heterocycles. The molecule has 7 nitrogen and oxygen atoms in total. The topological polar surface area (TPSA) is 97.3 Å². The molecule has 40 heavy (non-hydrogen) atoms. The van der Waals surface area contributed by atoms with Crippen molar-refractivity contribution in [3.05, 3.63) is 120 Å². The lowest BCUT2D eigenvalue weighted by Crippen LogP contribution is -2.50. The molecule has 0 spiro atoms. The van der Waals surface area contributed by atoms with Gasteiger partial charge in [0.2, 0.25) is 0 Å². The Morgan fingerprint density at radius 1 is 0.975 bits per heavy atom. The number of aromatic nitrogens is 3. The minimum atomic E-state index is -0.805. The molecule has 0 unspecified atom stereocenters. The van der Waals surface area contributed by atoms with E-state index < -0.39 is 17.5 Å². The molecule has 0 radical (unpaired) electrons. The van der Waals surface area contributed by atoms with Crippen LogP contribution in [-0.4, -0.2) is 46.1 Å². The molecule has 3 aromatic carbocycles. The van der Waals surface area contributed by atoms with E-state index in [9.17, 15) is 9.90 Å². The third-order valence-corrected chi connectivity index (χ3v) is 8.62. The number of carbonyl (C=O) groups is 1. The van der Waals surface area contributed by atoms with Crippen molar-refractivity contribution in [2.24, 2.45) is 17.3 Å². The maximum absolute atomic E-state index is 12.3. The van der Waals surface area contributed by atoms with E-state index in [1.165, 1.54) is 6.33 Å². The standard InChI is InChI=1S/C33H37N3O4/c1-32(19-18-27(31(37)38)28(30(32)39-2)22-29-34-23-35-36-29)20-21-40-33(24-12-6-3-7-13-24,25-14-8-4-9-15-25)26-16-10-5-11-17-26/h3-17,23,27-28,30H,18-22H2,1-2H3,(H,37,38)(H,34,35,36)/t27-,28-,30-,32+/m1/s1. The summed E-state index contributed by atoms with van der Waals surface area (Å²) in [6.45, 7) is 2.66. The van der Waals surface area contributed by atoms with E-state index in [1.807, 2.05) is 54.6 Å². The first-order valence-corrected chi connectivity index (χ1v) is 13.9. The Hall–Kier alpha value is -3.81. The van der Waals surface area contributed by atoms with Crippen molar-refractivity contribution in [2.45, 2.75) is 44.3 Å². The van der Waals surface area contributed by atoms with E-state index in [4.69, 9.17) is 9.47 Å². The monoisotopic (exact) mass is 539 g/mol. The second kappa shape index (κ2) is 12.1. The molecule has 1 fully saturated rings. The average molecular weight is 540 g/mol. The fourth-order valence-electron chi connectivity index (χ4n) is 6.61. The van der Waals surface area contributed by atoms with Gasteiger partial charge in [-0.15, -0.1) is 0 Å². The zero-order valence-electron chi connectivity index (χ0n) is 23.1. The largest absolute Gasteiger partial charge is 0.481 e. The van der Waals surface area contributed by atoms with Crippen molar-refractivity contribution in [1.82, 2.24) is 15.2 Å². The summed E-state index contributed by atoms with van der Waals surface area (Å²) >= 11 is 0. The summed E-state index contributed by atoms with van der Waals surface area (Å²) < 4.78 is 13.2. The van der Waals surface area contributed by atoms with Gasteiger partial charge in [-0.25, -0.2) is 4.98 Å². The number of nitrogens with one attached hydrogen (secondary N) is 1. The minimum absolute atomic E-state index is 0.240. The van der Waals surface area contributed by atoms with Crippen LogP contribution >= 0.6 is 0 Å². The number of hydrogen-bond acceptors (Lipinski definition) is 5. The van der Waals surface area contributed by atoms with Crippen LogP contribution < -0.4 is 0 Å². The molecule has 0 bridgehead atoms. The van der Waals surface area contributed by atoms with Gasteiger partial charge in [0, 0.05) is 26.1 Å². The predicted octanol–water partition coefficient (Wildman–Crippen LogP) is 5.88. The predicted molar refractivity (Wildman–Crippen MR) is 153 cm³/mol. The smallest absolute Gasteiger partial charge is 0.306 e. The summed E-state index contributed by atoms with van der Waals surface area (Å²) in [5.74, 6) is -0.867. The lowest BCUT2D eigenvalue weighted by molar-refractivity contribution is -0.158. The van der Waals surface area contributed by atoms with Gasteiger partial charge in [-0.3, -0.25) is 9.89 Å². The fraction of sp³-hybridized carbons (Fsp3) is 0.364. The number of carboxylic acids is 1. The van der Waals surface area contributed by atoms with Crippen molar-refractivity contribution < 1.29 is 19.4 Å². The van der Waals surface area contributed by atoms with E-state index in [2.05, 4.69) is 58.5 Å². The van der Waals surface area contributed by atoms with Crippen molar-refractivity contribution in [3.8, 4) is 0 Å². The van der Waals surface area contributed by atoms with Crippen molar-refractivity contribution in [2.75, 3.05) is 13.7 Å². The molecule has 1 aliphatic rings. The third kappa shape index (κ3) is 5.44. The first-order valence-electron chi connectivity index (χ1n) is 13.9. The Labute approximate surface area is 235 Å². The Kier molecular flexibility index (Phi) is 8.43. The molecule has 208 valence electrons. The van der Waals surface area contributed by atoms with E-state index in [0.29, 0.717) is 31.7 Å². The van der Waals surface area contributed by atoms with Crippen LogP contribution in [0.1, 0.15) is 48.7 Å². The van der Waals surface area contributed by atoms with E-state index in [-0.39, 0.29) is 17.4 Å². The number of nitrogens with zero attached hydrogens (tertiary/aromatic N) is 2. The summed E-state index contributed by atoms with van der Waals surface area (Å²) in [4.78, 5) is 16.5. The average Bonchev–Trinajstić information content (AvgIpc) is 3.50. The number of rotatable bonds is 11. The molecule has 4 aromatic rings. The van der Waals surface area contributed by atoms with Crippen LogP contribution in [0.15, 0.2) is 97.3 Å². The normalized spacial score (nSPS) is 23.1. The van der Waals surface area contributed by atoms with E-state index >= 15 is 0 Å². The van der Waals surface area contributed by atoms with Gasteiger partial charge in [-0.1, -0.05) is 97.9 Å². The van der Waals surface area contributed by atoms with Crippen molar-refractivity contribution in [3.63, 3.8) is 0 Å². The highest BCUT2D eigenvalue weighted by atomic mass is 16.5. The zero-order chi connectivity index (χ0) is 28.0. The highest BCUT2D eigenvalue weighted by Crippen LogP contribution is 2.48. The number of carboxylic acid groups (broad SMARTS) is 1. The second-order valence-electron chi connectivity index (χ2n) is 11.0. The first kappa shape index (κ1) is 27.7. The quantitative estimate of drug-likeness (QED) is 0.231. The van der Waals surface area contributed by atoms with Crippen LogP contribution in [-0.2, 0) is 26.3 Å². The van der Waals surface area contributed by atoms with Crippen LogP contribution in [0, 0.1) is 17.3 Å². The van der Waals surface area contributed by atoms with Crippen molar-refractivity contribution in [1.29, 1.82) is 0 Å². The molecule has 1 aromatic heterocycles. The Morgan fingerprint density at radius 2 is 1.52 bits per heavy atom. The van der Waals surface area contributed by atoms with Gasteiger partial charge in [-0.05, 0) is 41.4 Å². The highest BCUT2D eigenvalue weighted by molar-refractivity contribution is 5.70. The highest BCUT2D eigenvalue weighted by Gasteiger charge is 2.49. The molecule has 1 saturated carbocycles. The van der Waals surface area contributed by atoms with Gasteiger partial charge in [0.25, 0.3) is 0 Å². The molecular formula is C33H37N3O4. The molecule has 1 aliphatic carbocycles. The van der Waals surface area contributed by atoms with E-state index in [1.54, 1.807) is 7.11 Å². The lowest BCUT2D eigenvalue weighted by Gasteiger charge is -2.48. The molecule has 5 rings (SSSR count). The fourth-order valence-corrected chi connectivity index (χ4v) is 6.61. The molecule has 0 aliphatic heterocycles. The number of benzene rings is 3. The van der Waals surface area contributed by atoms with Crippen LogP contribution in [0.4, 0.5) is 0 Å². The zero-order valence-corrected chi connectivity index (χ0v) is 23.1. The van der Waals surface area contributed by atoms with E-state index in [0.717, 1.165) is 23.1 Å². The Morgan fingerprint density at radius 3 is 1.98 bits per heavy atom. The molecule has 4 atom stereocenters. The lowest BCUT2D eigenvalue weighted by atomic mass is 9.61. The summed E-state index contributed by atoms with van der Waals surface area (Å²) in [7, 11) is 1.68. The summed E-state index contributed by atoms with van der Waals surface area (Å²) in [5, 5.41) is 16.9. The van der Waals surface area contributed by atoms with Crippen LogP contribution in [0.2, 0.25) is 0 Å². The third-order valence-electron chi connectivity index (χ3n) is 8.62. The van der Waals surface area contributed by atoms with Crippen LogP contribution in [0.5, 0.6) is 0 Å². The second-order valence-corrected chi connectivity index (χ2v) is 11.0. The molecular weight excluding hydrogens is 502 g/mol. The van der Waals surface area contributed by atoms with Gasteiger partial charge in [-0.2, -0.15) is 5.10 Å². The SMILES string of the molecule is CO[C@@H]1[C@H](Cc2ncn[nH]2)[C@H](C(=O)O)CC[C@@]1(C)CCOC(c1ccccc1)(c1ccccc1)c1ccccc1. The summed E-state index contributed by atoms with van der Waals surface area (Å²) in [5.41, 5.74) is 2.07. The minimum Gasteiger partial charge on any atom is -0.481 e. The Bertz CT molecular complexity index is 1250. The molecule has 1 heterocycles. The molecule has 0 amide bonds. The Balaban J connectivity index is 1.47. The number of aromatic amines is 1. The first-order chi connectivity index (χ1) is 19.5. The molecule has 2 N–H and O–H groups in total. The van der Waals surface area contributed by atoms with Gasteiger partial charge < -0.3 is 14.6 Å². The molecule has 7 heteroatoms. The van der Waals surface area contributed by atoms with Crippen LogP contribution in [0.3, 0.4) is 0 Å².